The molecule has 8 heteroatoms. The molecule has 1 heterocycles. The highest BCUT2D eigenvalue weighted by molar-refractivity contribution is 5.75. The van der Waals surface area contributed by atoms with Gasteiger partial charge in [0, 0.05) is 26.2 Å². The standard InChI is InChI=1S/C28H33FO7/c1-16(30)8-6-9-21-12-13-24(15-25(21)22-10-7-11-23(29)14-22)36-28-27(35-20(5)32)26(34-19(4)31)17(2)18(3)33-28/h7,10-15,17-18,26-28H,6,8-9H2,1-5H3/t17-,18-,26+,27+,28-/m1/s1. The van der Waals surface area contributed by atoms with Crippen LogP contribution < -0.4 is 4.74 Å². The monoisotopic (exact) mass is 500 g/mol. The summed E-state index contributed by atoms with van der Waals surface area (Å²) in [5.41, 5.74) is 2.36. The van der Waals surface area contributed by atoms with E-state index in [0.717, 1.165) is 11.1 Å². The van der Waals surface area contributed by atoms with Gasteiger partial charge in [-0.25, -0.2) is 4.39 Å². The predicted molar refractivity (Wildman–Crippen MR) is 131 cm³/mol. The van der Waals surface area contributed by atoms with Gasteiger partial charge in [0.05, 0.1) is 6.10 Å². The second-order valence-electron chi connectivity index (χ2n) is 9.22. The smallest absolute Gasteiger partial charge is 0.303 e. The van der Waals surface area contributed by atoms with Crippen LogP contribution in [0.1, 0.15) is 53.0 Å². The van der Waals surface area contributed by atoms with Gasteiger partial charge in [0.1, 0.15) is 23.5 Å². The molecule has 0 saturated carbocycles. The Hall–Kier alpha value is -3.26. The molecule has 5 atom stereocenters. The van der Waals surface area contributed by atoms with Crippen LogP contribution in [0.25, 0.3) is 11.1 Å². The van der Waals surface area contributed by atoms with Crippen molar-refractivity contribution in [1.82, 2.24) is 0 Å². The quantitative estimate of drug-likeness (QED) is 0.446. The average Bonchev–Trinajstić information content (AvgIpc) is 2.79. The highest BCUT2D eigenvalue weighted by Crippen LogP contribution is 2.34. The van der Waals surface area contributed by atoms with Gasteiger partial charge in [0.25, 0.3) is 0 Å². The summed E-state index contributed by atoms with van der Waals surface area (Å²) < 4.78 is 37.2. The number of Topliss-reactive ketones (excluding diaryl/α,β-unsaturated/α-hetero) is 1. The minimum atomic E-state index is -1.03. The minimum Gasteiger partial charge on any atom is -0.461 e. The number of rotatable bonds is 9. The summed E-state index contributed by atoms with van der Waals surface area (Å²) in [7, 11) is 0. The van der Waals surface area contributed by atoms with Crippen LogP contribution in [-0.2, 0) is 35.0 Å². The number of hydrogen-bond donors (Lipinski definition) is 0. The van der Waals surface area contributed by atoms with Crippen LogP contribution in [0.15, 0.2) is 42.5 Å². The maximum Gasteiger partial charge on any atom is 0.303 e. The molecule has 0 aliphatic carbocycles. The van der Waals surface area contributed by atoms with E-state index in [2.05, 4.69) is 0 Å². The number of carbonyl (C=O) groups excluding carboxylic acids is 3. The van der Waals surface area contributed by atoms with Gasteiger partial charge in [0.15, 0.2) is 0 Å². The van der Waals surface area contributed by atoms with Crippen molar-refractivity contribution in [2.45, 2.75) is 78.5 Å². The van der Waals surface area contributed by atoms with Crippen LogP contribution in [0, 0.1) is 11.7 Å². The Bertz CT molecular complexity index is 1100. The van der Waals surface area contributed by atoms with E-state index < -0.39 is 30.4 Å². The molecule has 7 nitrogen and oxygen atoms in total. The van der Waals surface area contributed by atoms with Gasteiger partial charge in [-0.2, -0.15) is 0 Å². The van der Waals surface area contributed by atoms with Crippen LogP contribution in [-0.4, -0.2) is 42.3 Å². The number of hydrogen-bond acceptors (Lipinski definition) is 7. The highest BCUT2D eigenvalue weighted by Gasteiger charge is 2.47. The maximum absolute atomic E-state index is 14.0. The topological polar surface area (TPSA) is 88.1 Å². The van der Waals surface area contributed by atoms with E-state index in [9.17, 15) is 18.8 Å². The average molecular weight is 501 g/mol. The number of carbonyl (C=O) groups is 3. The third-order valence-electron chi connectivity index (χ3n) is 6.25. The molecule has 1 saturated heterocycles. The van der Waals surface area contributed by atoms with Gasteiger partial charge in [-0.05, 0) is 67.6 Å². The third-order valence-corrected chi connectivity index (χ3v) is 6.25. The first kappa shape index (κ1) is 27.3. The van der Waals surface area contributed by atoms with Gasteiger partial charge < -0.3 is 23.7 Å². The number of aryl methyl sites for hydroxylation is 1. The Labute approximate surface area is 210 Å². The Balaban J connectivity index is 1.94. The number of esters is 2. The molecule has 0 N–H and O–H groups in total. The molecule has 1 fully saturated rings. The molecule has 0 radical (unpaired) electrons. The maximum atomic E-state index is 14.0. The van der Waals surface area contributed by atoms with Gasteiger partial charge >= 0.3 is 11.9 Å². The van der Waals surface area contributed by atoms with Crippen molar-refractivity contribution in [1.29, 1.82) is 0 Å². The number of halogens is 1. The van der Waals surface area contributed by atoms with Crippen molar-refractivity contribution < 1.29 is 37.7 Å². The van der Waals surface area contributed by atoms with Gasteiger partial charge in [-0.15, -0.1) is 0 Å². The Kier molecular flexibility index (Phi) is 9.20. The minimum absolute atomic E-state index is 0.110. The molecule has 0 bridgehead atoms. The predicted octanol–water partition coefficient (Wildman–Crippen LogP) is 5.03. The zero-order valence-electron chi connectivity index (χ0n) is 21.3. The molecule has 1 aliphatic heterocycles. The molecule has 194 valence electrons. The molecular weight excluding hydrogens is 467 g/mol. The lowest BCUT2D eigenvalue weighted by molar-refractivity contribution is -0.263. The van der Waals surface area contributed by atoms with Crippen LogP contribution in [0.4, 0.5) is 4.39 Å². The van der Waals surface area contributed by atoms with E-state index in [4.69, 9.17) is 18.9 Å². The van der Waals surface area contributed by atoms with Crippen LogP contribution in [0.2, 0.25) is 0 Å². The zero-order valence-corrected chi connectivity index (χ0v) is 21.3. The lowest BCUT2D eigenvalue weighted by Gasteiger charge is -2.43. The van der Waals surface area contributed by atoms with Crippen LogP contribution in [0.3, 0.4) is 0 Å². The number of benzene rings is 2. The molecular formula is C28H33FO7. The highest BCUT2D eigenvalue weighted by atomic mass is 19.1. The van der Waals surface area contributed by atoms with Crippen molar-refractivity contribution in [2.24, 2.45) is 5.92 Å². The summed E-state index contributed by atoms with van der Waals surface area (Å²) in [6.07, 6.45) is -1.37. The third kappa shape index (κ3) is 7.13. The van der Waals surface area contributed by atoms with E-state index in [-0.39, 0.29) is 23.6 Å². The second kappa shape index (κ2) is 12.1. The normalized spacial score (nSPS) is 23.6. The first-order valence-electron chi connectivity index (χ1n) is 12.1. The first-order chi connectivity index (χ1) is 17.0. The fraction of sp³-hybridized carbons (Fsp3) is 0.464. The Morgan fingerprint density at radius 1 is 0.944 bits per heavy atom. The first-order valence-corrected chi connectivity index (χ1v) is 12.1. The van der Waals surface area contributed by atoms with Crippen molar-refractivity contribution >= 4 is 17.7 Å². The van der Waals surface area contributed by atoms with E-state index in [0.29, 0.717) is 30.6 Å². The number of ketones is 1. The lowest BCUT2D eigenvalue weighted by atomic mass is 9.91. The summed E-state index contributed by atoms with van der Waals surface area (Å²) in [5.74, 6) is -1.15. The summed E-state index contributed by atoms with van der Waals surface area (Å²) in [6, 6.07) is 11.6. The van der Waals surface area contributed by atoms with Gasteiger partial charge in [0.2, 0.25) is 12.4 Å². The molecule has 0 aromatic heterocycles. The Morgan fingerprint density at radius 2 is 1.64 bits per heavy atom. The number of ether oxygens (including phenoxy) is 4. The molecule has 36 heavy (non-hydrogen) atoms. The summed E-state index contributed by atoms with van der Waals surface area (Å²) in [5, 5.41) is 0. The molecule has 1 aliphatic rings. The van der Waals surface area contributed by atoms with Gasteiger partial charge in [-0.3, -0.25) is 9.59 Å². The fourth-order valence-corrected chi connectivity index (χ4v) is 4.34. The van der Waals surface area contributed by atoms with E-state index in [1.165, 1.54) is 26.0 Å². The van der Waals surface area contributed by atoms with Crippen LogP contribution in [0.5, 0.6) is 5.75 Å². The zero-order chi connectivity index (χ0) is 26.4. The SMILES string of the molecule is CC(=O)CCCc1ccc(O[C@H]2O[C@H](C)[C@@H](C)[C@H](OC(C)=O)[C@@H]2OC(C)=O)cc1-c1cccc(F)c1. The van der Waals surface area contributed by atoms with Crippen molar-refractivity contribution in [2.75, 3.05) is 0 Å². The largest absolute Gasteiger partial charge is 0.461 e. The van der Waals surface area contributed by atoms with Crippen molar-refractivity contribution in [3.8, 4) is 16.9 Å². The molecule has 2 aromatic rings. The molecule has 0 amide bonds. The summed E-state index contributed by atoms with van der Waals surface area (Å²) in [6.45, 7) is 7.80. The molecule has 0 spiro atoms. The van der Waals surface area contributed by atoms with E-state index in [1.807, 2.05) is 19.9 Å². The molecule has 0 unspecified atom stereocenters. The van der Waals surface area contributed by atoms with Crippen molar-refractivity contribution in [3.05, 3.63) is 53.8 Å². The van der Waals surface area contributed by atoms with E-state index >= 15 is 0 Å². The van der Waals surface area contributed by atoms with E-state index in [1.54, 1.807) is 31.2 Å². The summed E-state index contributed by atoms with van der Waals surface area (Å²) in [4.78, 5) is 35.0. The Morgan fingerprint density at radius 3 is 2.28 bits per heavy atom. The second-order valence-corrected chi connectivity index (χ2v) is 9.22. The van der Waals surface area contributed by atoms with Crippen LogP contribution >= 0.6 is 0 Å². The summed E-state index contributed by atoms with van der Waals surface area (Å²) >= 11 is 0. The van der Waals surface area contributed by atoms with Crippen molar-refractivity contribution in [3.63, 3.8) is 0 Å². The lowest BCUT2D eigenvalue weighted by Crippen LogP contribution is -2.57. The fourth-order valence-electron chi connectivity index (χ4n) is 4.34. The van der Waals surface area contributed by atoms with Gasteiger partial charge in [-0.1, -0.05) is 25.1 Å². The molecule has 2 aromatic carbocycles. The molecule has 3 rings (SSSR count).